The second-order valence-electron chi connectivity index (χ2n) is 7.57. The molecule has 0 amide bonds. The molecule has 0 bridgehead atoms. The number of halogens is 1. The maximum absolute atomic E-state index is 6.00. The van der Waals surface area contributed by atoms with Crippen LogP contribution in [0.25, 0.3) is 0 Å². The summed E-state index contributed by atoms with van der Waals surface area (Å²) in [6.07, 6.45) is 4.92. The summed E-state index contributed by atoms with van der Waals surface area (Å²) in [6.45, 7) is 3.33. The molecule has 1 aliphatic heterocycles. The van der Waals surface area contributed by atoms with Gasteiger partial charge in [-0.2, -0.15) is 5.10 Å². The molecule has 0 aliphatic carbocycles. The number of anilines is 1. The first-order valence-corrected chi connectivity index (χ1v) is 10.1. The number of rotatable bonds is 7. The minimum atomic E-state index is 0.424. The van der Waals surface area contributed by atoms with E-state index in [1.807, 2.05) is 55.7 Å². The molecule has 2 aromatic heterocycles. The Hall–Kier alpha value is -2.64. The first-order valence-electron chi connectivity index (χ1n) is 9.70. The van der Waals surface area contributed by atoms with Gasteiger partial charge in [-0.1, -0.05) is 17.7 Å². The number of aromatic amines is 1. The van der Waals surface area contributed by atoms with Gasteiger partial charge in [0.1, 0.15) is 12.4 Å². The summed E-state index contributed by atoms with van der Waals surface area (Å²) in [5, 5.41) is 8.28. The third kappa shape index (κ3) is 5.05. The van der Waals surface area contributed by atoms with Gasteiger partial charge < -0.3 is 9.64 Å². The molecule has 7 nitrogen and oxygen atoms in total. The Balaban J connectivity index is 1.30. The Kier molecular flexibility index (Phi) is 5.97. The van der Waals surface area contributed by atoms with Gasteiger partial charge in [-0.05, 0) is 37.2 Å². The molecule has 8 heteroatoms. The van der Waals surface area contributed by atoms with Crippen LogP contribution in [-0.2, 0) is 13.2 Å². The zero-order valence-electron chi connectivity index (χ0n) is 16.7. The number of nitrogens with one attached hydrogen (secondary N) is 1. The average molecular weight is 413 g/mol. The SMILES string of the molecule is CN(C)c1ncc(CN2CC[C@@H](c3cc(COc4cccc(Cl)c4)[nH]n3)C2)cn1. The second-order valence-corrected chi connectivity index (χ2v) is 8.01. The molecule has 1 atom stereocenters. The van der Waals surface area contributed by atoms with E-state index in [0.29, 0.717) is 17.5 Å². The average Bonchev–Trinajstić information content (AvgIpc) is 3.36. The number of H-pyrrole nitrogens is 1. The number of aromatic nitrogens is 4. The minimum absolute atomic E-state index is 0.424. The number of hydrogen-bond donors (Lipinski definition) is 1. The molecule has 1 aromatic carbocycles. The van der Waals surface area contributed by atoms with E-state index in [-0.39, 0.29) is 0 Å². The number of nitrogens with zero attached hydrogens (tertiary/aromatic N) is 5. The molecule has 0 spiro atoms. The lowest BCUT2D eigenvalue weighted by Gasteiger charge is -2.16. The minimum Gasteiger partial charge on any atom is -0.487 e. The van der Waals surface area contributed by atoms with Crippen molar-refractivity contribution in [2.24, 2.45) is 0 Å². The molecule has 0 radical (unpaired) electrons. The van der Waals surface area contributed by atoms with Crippen LogP contribution in [0.5, 0.6) is 5.75 Å². The van der Waals surface area contributed by atoms with E-state index in [0.717, 1.165) is 54.7 Å². The summed E-state index contributed by atoms with van der Waals surface area (Å²) < 4.78 is 5.79. The highest BCUT2D eigenvalue weighted by Crippen LogP contribution is 2.27. The normalized spacial score (nSPS) is 16.9. The van der Waals surface area contributed by atoms with Gasteiger partial charge in [0.25, 0.3) is 0 Å². The van der Waals surface area contributed by atoms with Crippen molar-refractivity contribution in [3.05, 3.63) is 64.7 Å². The molecule has 152 valence electrons. The smallest absolute Gasteiger partial charge is 0.224 e. The zero-order valence-corrected chi connectivity index (χ0v) is 17.4. The highest BCUT2D eigenvalue weighted by Gasteiger charge is 2.26. The number of hydrogen-bond acceptors (Lipinski definition) is 6. The highest BCUT2D eigenvalue weighted by atomic mass is 35.5. The van der Waals surface area contributed by atoms with E-state index in [1.165, 1.54) is 0 Å². The molecule has 3 aromatic rings. The van der Waals surface area contributed by atoms with Crippen LogP contribution in [0.1, 0.15) is 29.3 Å². The van der Waals surface area contributed by atoms with Crippen LogP contribution in [0.2, 0.25) is 5.02 Å². The molecule has 1 N–H and O–H groups in total. The molecule has 1 saturated heterocycles. The fraction of sp³-hybridized carbons (Fsp3) is 0.381. The van der Waals surface area contributed by atoms with E-state index in [9.17, 15) is 0 Å². The Bertz CT molecular complexity index is 942. The quantitative estimate of drug-likeness (QED) is 0.640. The van der Waals surface area contributed by atoms with E-state index >= 15 is 0 Å². The van der Waals surface area contributed by atoms with Crippen LogP contribution in [-0.4, -0.2) is 52.3 Å². The van der Waals surface area contributed by atoms with E-state index in [4.69, 9.17) is 16.3 Å². The van der Waals surface area contributed by atoms with Gasteiger partial charge in [-0.25, -0.2) is 9.97 Å². The van der Waals surface area contributed by atoms with Crippen LogP contribution < -0.4 is 9.64 Å². The number of benzene rings is 1. The Morgan fingerprint density at radius 3 is 2.83 bits per heavy atom. The monoisotopic (exact) mass is 412 g/mol. The van der Waals surface area contributed by atoms with Crippen molar-refractivity contribution in [3.63, 3.8) is 0 Å². The molecule has 29 heavy (non-hydrogen) atoms. The Morgan fingerprint density at radius 1 is 1.24 bits per heavy atom. The van der Waals surface area contributed by atoms with Crippen LogP contribution >= 0.6 is 11.6 Å². The number of likely N-dealkylation sites (tertiary alicyclic amines) is 1. The highest BCUT2D eigenvalue weighted by molar-refractivity contribution is 6.30. The first-order chi connectivity index (χ1) is 14.1. The standard InChI is InChI=1S/C21H25ClN6O/c1-27(2)21-23-10-15(11-24-21)12-28-7-6-16(13-28)20-9-18(25-26-20)14-29-19-5-3-4-17(22)8-19/h3-5,8-11,16H,6-7,12-14H2,1-2H3,(H,25,26)/t16-/m1/s1. The van der Waals surface area contributed by atoms with Crippen molar-refractivity contribution in [2.45, 2.75) is 25.5 Å². The van der Waals surface area contributed by atoms with E-state index in [2.05, 4.69) is 31.1 Å². The van der Waals surface area contributed by atoms with Gasteiger partial charge in [0, 0.05) is 56.1 Å². The number of ether oxygens (including phenoxy) is 1. The molecule has 4 rings (SSSR count). The van der Waals surface area contributed by atoms with Crippen LogP contribution in [0.4, 0.5) is 5.95 Å². The molecule has 3 heterocycles. The van der Waals surface area contributed by atoms with Gasteiger partial charge in [-0.3, -0.25) is 10.00 Å². The largest absolute Gasteiger partial charge is 0.487 e. The summed E-state index contributed by atoms with van der Waals surface area (Å²) in [7, 11) is 3.89. The van der Waals surface area contributed by atoms with E-state index < -0.39 is 0 Å². The predicted molar refractivity (Wildman–Crippen MR) is 113 cm³/mol. The van der Waals surface area contributed by atoms with Crippen LogP contribution in [0, 0.1) is 0 Å². The topological polar surface area (TPSA) is 70.2 Å². The third-order valence-corrected chi connectivity index (χ3v) is 5.26. The molecule has 0 unspecified atom stereocenters. The first kappa shape index (κ1) is 19.7. The Morgan fingerprint density at radius 2 is 2.07 bits per heavy atom. The van der Waals surface area contributed by atoms with Crippen molar-refractivity contribution in [2.75, 3.05) is 32.1 Å². The summed E-state index contributed by atoms with van der Waals surface area (Å²) in [6, 6.07) is 9.52. The molecule has 1 fully saturated rings. The lowest BCUT2D eigenvalue weighted by Crippen LogP contribution is -2.20. The second kappa shape index (κ2) is 8.80. The van der Waals surface area contributed by atoms with Crippen LogP contribution in [0.15, 0.2) is 42.7 Å². The summed E-state index contributed by atoms with van der Waals surface area (Å²) in [4.78, 5) is 13.1. The van der Waals surface area contributed by atoms with E-state index in [1.54, 1.807) is 0 Å². The van der Waals surface area contributed by atoms with Gasteiger partial charge in [-0.15, -0.1) is 0 Å². The summed E-state index contributed by atoms with van der Waals surface area (Å²) in [5.74, 6) is 1.91. The van der Waals surface area contributed by atoms with Gasteiger partial charge >= 0.3 is 0 Å². The predicted octanol–water partition coefficient (Wildman–Crippen LogP) is 3.49. The lowest BCUT2D eigenvalue weighted by molar-refractivity contribution is 0.301. The van der Waals surface area contributed by atoms with Gasteiger partial charge in [0.2, 0.25) is 5.95 Å². The maximum atomic E-state index is 6.00. The maximum Gasteiger partial charge on any atom is 0.224 e. The fourth-order valence-corrected chi connectivity index (χ4v) is 3.70. The Labute approximate surface area is 175 Å². The van der Waals surface area contributed by atoms with Gasteiger partial charge in [0.15, 0.2) is 0 Å². The van der Waals surface area contributed by atoms with Gasteiger partial charge in [0.05, 0.1) is 11.4 Å². The van der Waals surface area contributed by atoms with Crippen molar-refractivity contribution in [3.8, 4) is 5.75 Å². The molecule has 0 saturated carbocycles. The van der Waals surface area contributed by atoms with Crippen molar-refractivity contribution in [1.82, 2.24) is 25.1 Å². The van der Waals surface area contributed by atoms with Crippen LogP contribution in [0.3, 0.4) is 0 Å². The molecular formula is C21H25ClN6O. The molecule has 1 aliphatic rings. The third-order valence-electron chi connectivity index (χ3n) is 5.03. The zero-order chi connectivity index (χ0) is 20.2. The summed E-state index contributed by atoms with van der Waals surface area (Å²) in [5.41, 5.74) is 3.19. The van der Waals surface area contributed by atoms with Crippen molar-refractivity contribution >= 4 is 17.5 Å². The molecular weight excluding hydrogens is 388 g/mol. The fourth-order valence-electron chi connectivity index (χ4n) is 3.52. The lowest BCUT2D eigenvalue weighted by atomic mass is 10.1. The van der Waals surface area contributed by atoms with Crippen molar-refractivity contribution in [1.29, 1.82) is 0 Å². The summed E-state index contributed by atoms with van der Waals surface area (Å²) >= 11 is 6.00. The van der Waals surface area contributed by atoms with Crippen molar-refractivity contribution < 1.29 is 4.74 Å².